The van der Waals surface area contributed by atoms with E-state index in [0.717, 1.165) is 6.07 Å². The van der Waals surface area contributed by atoms with Gasteiger partial charge in [-0.2, -0.15) is 0 Å². The molecule has 0 saturated heterocycles. The standard InChI is InChI=1S/C13H11N3O5S.C2H6/c17-10-5-9(15-13(22)16-10)14-12(20)7-3-1-2-4-8(7)21-6-11(18)19;1-2/h1-5H,6H2,(H,18,19)(H3,14,15,16,17,20,22);1-2H3. The third-order valence-electron chi connectivity index (χ3n) is 2.49. The molecule has 2 rings (SSSR count). The van der Waals surface area contributed by atoms with Crippen molar-refractivity contribution in [2.24, 2.45) is 0 Å². The molecule has 2 aromatic rings. The molecule has 1 aromatic heterocycles. The van der Waals surface area contributed by atoms with Crippen molar-refractivity contribution >= 4 is 29.9 Å². The highest BCUT2D eigenvalue weighted by atomic mass is 32.1. The second-order valence-electron chi connectivity index (χ2n) is 4.13. The fraction of sp³-hybridized carbons (Fsp3) is 0.200. The van der Waals surface area contributed by atoms with Crippen molar-refractivity contribution in [1.82, 2.24) is 9.97 Å². The van der Waals surface area contributed by atoms with Gasteiger partial charge in [0, 0.05) is 6.07 Å². The molecule has 8 nitrogen and oxygen atoms in total. The van der Waals surface area contributed by atoms with Crippen LogP contribution in [0.4, 0.5) is 5.82 Å². The van der Waals surface area contributed by atoms with E-state index in [0.29, 0.717) is 0 Å². The van der Waals surface area contributed by atoms with E-state index in [-0.39, 0.29) is 21.9 Å². The van der Waals surface area contributed by atoms with Gasteiger partial charge in [-0.25, -0.2) is 4.79 Å². The van der Waals surface area contributed by atoms with E-state index in [9.17, 15) is 14.4 Å². The number of hydrogen-bond acceptors (Lipinski definition) is 5. The number of carbonyl (C=O) groups is 2. The third kappa shape index (κ3) is 5.69. The van der Waals surface area contributed by atoms with Crippen LogP contribution in [0, 0.1) is 4.77 Å². The van der Waals surface area contributed by atoms with Gasteiger partial charge in [-0.3, -0.25) is 14.6 Å². The van der Waals surface area contributed by atoms with Crippen molar-refractivity contribution in [3.05, 3.63) is 51.0 Å². The van der Waals surface area contributed by atoms with E-state index in [2.05, 4.69) is 15.3 Å². The van der Waals surface area contributed by atoms with Gasteiger partial charge in [0.2, 0.25) is 0 Å². The number of aromatic nitrogens is 2. The summed E-state index contributed by atoms with van der Waals surface area (Å²) in [6, 6.07) is 7.28. The topological polar surface area (TPSA) is 124 Å². The molecule has 0 unspecified atom stereocenters. The molecule has 0 radical (unpaired) electrons. The summed E-state index contributed by atoms with van der Waals surface area (Å²) in [5, 5.41) is 11.1. The Morgan fingerprint density at radius 2 is 1.92 bits per heavy atom. The minimum atomic E-state index is -1.16. The van der Waals surface area contributed by atoms with E-state index >= 15 is 0 Å². The Morgan fingerprint density at radius 1 is 1.25 bits per heavy atom. The quantitative estimate of drug-likeness (QED) is 0.612. The highest BCUT2D eigenvalue weighted by Gasteiger charge is 2.13. The molecule has 0 aliphatic rings. The number of nitrogens with one attached hydrogen (secondary N) is 3. The van der Waals surface area contributed by atoms with Crippen molar-refractivity contribution in [2.45, 2.75) is 13.8 Å². The number of carboxylic acid groups (broad SMARTS) is 1. The van der Waals surface area contributed by atoms with E-state index in [1.54, 1.807) is 12.1 Å². The minimum absolute atomic E-state index is 0.0678. The zero-order chi connectivity index (χ0) is 18.1. The Morgan fingerprint density at radius 3 is 2.54 bits per heavy atom. The van der Waals surface area contributed by atoms with Crippen LogP contribution in [-0.2, 0) is 4.79 Å². The van der Waals surface area contributed by atoms with Crippen LogP contribution in [-0.4, -0.2) is 33.6 Å². The summed E-state index contributed by atoms with van der Waals surface area (Å²) in [5.41, 5.74) is -0.335. The molecule has 4 N–H and O–H groups in total. The van der Waals surface area contributed by atoms with E-state index in [1.165, 1.54) is 12.1 Å². The minimum Gasteiger partial charge on any atom is -0.481 e. The lowest BCUT2D eigenvalue weighted by atomic mass is 10.2. The summed E-state index contributed by atoms with van der Waals surface area (Å²) >= 11 is 4.80. The number of hydrogen-bond donors (Lipinski definition) is 4. The van der Waals surface area contributed by atoms with Crippen molar-refractivity contribution in [2.75, 3.05) is 11.9 Å². The fourth-order valence-corrected chi connectivity index (χ4v) is 1.86. The highest BCUT2D eigenvalue weighted by Crippen LogP contribution is 2.19. The van der Waals surface area contributed by atoms with Gasteiger partial charge in [-0.1, -0.05) is 26.0 Å². The number of amides is 1. The molecule has 1 heterocycles. The number of rotatable bonds is 5. The zero-order valence-electron chi connectivity index (χ0n) is 13.1. The van der Waals surface area contributed by atoms with Gasteiger partial charge in [0.15, 0.2) is 11.4 Å². The molecule has 0 atom stereocenters. The summed E-state index contributed by atoms with van der Waals surface area (Å²) in [6.07, 6.45) is 0. The van der Waals surface area contributed by atoms with Gasteiger partial charge < -0.3 is 20.1 Å². The average Bonchev–Trinajstić information content (AvgIpc) is 2.54. The number of aromatic amines is 2. The summed E-state index contributed by atoms with van der Waals surface area (Å²) in [5.74, 6) is -1.50. The molecule has 1 aromatic carbocycles. The van der Waals surface area contributed by atoms with Crippen LogP contribution in [0.15, 0.2) is 35.1 Å². The van der Waals surface area contributed by atoms with Gasteiger partial charge >= 0.3 is 5.97 Å². The summed E-state index contributed by atoms with van der Waals surface area (Å²) < 4.78 is 5.11. The molecule has 0 saturated carbocycles. The van der Waals surface area contributed by atoms with Gasteiger partial charge in [-0.05, 0) is 24.4 Å². The Bertz CT molecular complexity index is 800. The lowest BCUT2D eigenvalue weighted by molar-refractivity contribution is -0.139. The van der Waals surface area contributed by atoms with Gasteiger partial charge in [0.05, 0.1) is 5.56 Å². The van der Waals surface area contributed by atoms with Crippen molar-refractivity contribution in [1.29, 1.82) is 0 Å². The first-order valence-corrected chi connectivity index (χ1v) is 7.45. The van der Waals surface area contributed by atoms with Crippen LogP contribution >= 0.6 is 12.2 Å². The summed E-state index contributed by atoms with van der Waals surface area (Å²) in [4.78, 5) is 39.0. The number of anilines is 1. The van der Waals surface area contributed by atoms with Crippen LogP contribution in [0.3, 0.4) is 0 Å². The van der Waals surface area contributed by atoms with E-state index in [1.807, 2.05) is 13.8 Å². The van der Waals surface area contributed by atoms with E-state index in [4.69, 9.17) is 22.1 Å². The maximum atomic E-state index is 12.2. The molecule has 0 aliphatic heterocycles. The zero-order valence-corrected chi connectivity index (χ0v) is 13.9. The maximum Gasteiger partial charge on any atom is 0.341 e. The van der Waals surface area contributed by atoms with Gasteiger partial charge in [0.25, 0.3) is 11.5 Å². The Balaban J connectivity index is 0.00000139. The van der Waals surface area contributed by atoms with Crippen LogP contribution in [0.2, 0.25) is 0 Å². The predicted octanol–water partition coefficient (Wildman–Crippen LogP) is 2.17. The fourth-order valence-electron chi connectivity index (χ4n) is 1.65. The number of carbonyl (C=O) groups excluding carboxylic acids is 1. The number of ether oxygens (including phenoxy) is 1. The largest absolute Gasteiger partial charge is 0.481 e. The number of para-hydroxylation sites is 1. The third-order valence-corrected chi connectivity index (χ3v) is 2.70. The highest BCUT2D eigenvalue weighted by molar-refractivity contribution is 7.71. The van der Waals surface area contributed by atoms with Gasteiger partial charge in [-0.15, -0.1) is 0 Å². The summed E-state index contributed by atoms with van der Waals surface area (Å²) in [7, 11) is 0. The molecule has 128 valence electrons. The number of carboxylic acids is 1. The van der Waals surface area contributed by atoms with Crippen molar-refractivity contribution in [3.8, 4) is 5.75 Å². The average molecular weight is 351 g/mol. The molecule has 0 fully saturated rings. The van der Waals surface area contributed by atoms with Crippen LogP contribution < -0.4 is 15.6 Å². The van der Waals surface area contributed by atoms with Crippen LogP contribution in [0.1, 0.15) is 24.2 Å². The SMILES string of the molecule is CC.O=C(O)COc1ccccc1C(=O)Nc1cc(=O)[nH]c(=S)[nH]1. The number of benzene rings is 1. The monoisotopic (exact) mass is 351 g/mol. The maximum absolute atomic E-state index is 12.2. The lowest BCUT2D eigenvalue weighted by Gasteiger charge is -2.10. The van der Waals surface area contributed by atoms with Gasteiger partial charge in [0.1, 0.15) is 11.6 Å². The molecular formula is C15H17N3O5S. The van der Waals surface area contributed by atoms with Crippen LogP contribution in [0.25, 0.3) is 0 Å². The molecule has 24 heavy (non-hydrogen) atoms. The second kappa shape index (κ2) is 9.26. The van der Waals surface area contributed by atoms with Crippen LogP contribution in [0.5, 0.6) is 5.75 Å². The molecule has 9 heteroatoms. The smallest absolute Gasteiger partial charge is 0.341 e. The predicted molar refractivity (Wildman–Crippen MR) is 91.1 cm³/mol. The molecular weight excluding hydrogens is 334 g/mol. The Labute approximate surface area is 142 Å². The number of H-pyrrole nitrogens is 2. The lowest BCUT2D eigenvalue weighted by Crippen LogP contribution is -2.18. The number of aliphatic carboxylic acids is 1. The molecule has 0 aliphatic carbocycles. The Kier molecular flexibility index (Phi) is 7.37. The normalized spacial score (nSPS) is 9.42. The first-order valence-electron chi connectivity index (χ1n) is 7.04. The molecule has 0 bridgehead atoms. The summed E-state index contributed by atoms with van der Waals surface area (Å²) in [6.45, 7) is 3.43. The molecule has 0 spiro atoms. The first kappa shape index (κ1) is 19.1. The second-order valence-corrected chi connectivity index (χ2v) is 4.54. The first-order chi connectivity index (χ1) is 11.5. The molecule has 1 amide bonds. The van der Waals surface area contributed by atoms with Crippen molar-refractivity contribution in [3.63, 3.8) is 0 Å². The Hall–Kier alpha value is -2.94. The van der Waals surface area contributed by atoms with E-state index < -0.39 is 24.0 Å². The van der Waals surface area contributed by atoms with Crippen molar-refractivity contribution < 1.29 is 19.4 Å².